The molecule has 0 bridgehead atoms. The number of nitrogens with zero attached hydrogens (tertiary/aromatic N) is 3. The second-order valence-corrected chi connectivity index (χ2v) is 12.9. The molecular weight excluding hydrogens is 281 g/mol. The summed E-state index contributed by atoms with van der Waals surface area (Å²) in [6.45, 7) is 12.8. The van der Waals surface area contributed by atoms with Gasteiger partial charge in [0, 0.05) is 0 Å². The molecule has 0 unspecified atom stereocenters. The Kier molecular flexibility index (Phi) is 3.89. The van der Waals surface area contributed by atoms with Gasteiger partial charge in [-0.1, -0.05) is 0 Å². The monoisotopic (exact) mass is 306 g/mol. The maximum atomic E-state index is 2.72. The van der Waals surface area contributed by atoms with Gasteiger partial charge in [0.2, 0.25) is 0 Å². The Labute approximate surface area is 96.8 Å². The summed E-state index contributed by atoms with van der Waals surface area (Å²) in [5.41, 5.74) is 0.352. The first-order valence-corrected chi connectivity index (χ1v) is 9.16. The summed E-state index contributed by atoms with van der Waals surface area (Å²) >= 11 is -1.59. The molecule has 3 nitrogen and oxygen atoms in total. The molecule has 0 atom stereocenters. The summed E-state index contributed by atoms with van der Waals surface area (Å²) in [6.07, 6.45) is 0. The average molecular weight is 305 g/mol. The van der Waals surface area contributed by atoms with E-state index in [4.69, 9.17) is 0 Å². The maximum absolute atomic E-state index is 2.72. The van der Waals surface area contributed by atoms with Gasteiger partial charge in [-0.3, -0.25) is 0 Å². The summed E-state index contributed by atoms with van der Waals surface area (Å²) in [6, 6.07) is 0.713. The quantitative estimate of drug-likeness (QED) is 0.712. The van der Waals surface area contributed by atoms with Gasteiger partial charge >= 0.3 is 96.9 Å². The molecule has 1 heterocycles. The average Bonchev–Trinajstić information content (AvgIpc) is 1.76. The minimum atomic E-state index is -1.59. The van der Waals surface area contributed by atoms with Crippen LogP contribution in [0.1, 0.15) is 34.6 Å². The van der Waals surface area contributed by atoms with Crippen LogP contribution < -0.4 is 0 Å². The molecule has 0 aromatic carbocycles. The van der Waals surface area contributed by atoms with Crippen LogP contribution in [0, 0.1) is 0 Å². The number of rotatable bonds is 2. The Balaban J connectivity index is 2.68. The van der Waals surface area contributed by atoms with Crippen molar-refractivity contribution in [2.24, 2.45) is 0 Å². The summed E-state index contributed by atoms with van der Waals surface area (Å²) < 4.78 is 7.90. The van der Waals surface area contributed by atoms with Gasteiger partial charge in [0.1, 0.15) is 0 Å². The normalized spacial score (nSPS) is 22.1. The Morgan fingerprint density at radius 3 is 2.00 bits per heavy atom. The standard InChI is InChI=1S/C8H18N2.C2H6N.Sn/c1-7(2)9-6-10-8(3,4)5;1-3-2;/h7H,6H2,1-5H3;1-2H3;/q-2;-1;+3. The van der Waals surface area contributed by atoms with Crippen LogP contribution in [0.3, 0.4) is 0 Å². The molecule has 0 amide bonds. The van der Waals surface area contributed by atoms with E-state index in [0.29, 0.717) is 11.6 Å². The van der Waals surface area contributed by atoms with Gasteiger partial charge in [0.05, 0.1) is 0 Å². The van der Waals surface area contributed by atoms with Crippen LogP contribution in [0.2, 0.25) is 0 Å². The molecule has 1 aliphatic rings. The van der Waals surface area contributed by atoms with E-state index in [1.165, 1.54) is 6.67 Å². The zero-order valence-corrected chi connectivity index (χ0v) is 13.5. The molecule has 1 radical (unpaired) electrons. The summed E-state index contributed by atoms with van der Waals surface area (Å²) in [4.78, 5) is 0. The van der Waals surface area contributed by atoms with Gasteiger partial charge in [-0.15, -0.1) is 0 Å². The van der Waals surface area contributed by atoms with E-state index in [0.717, 1.165) is 0 Å². The molecule has 1 saturated heterocycles. The molecule has 0 aromatic rings. The van der Waals surface area contributed by atoms with Gasteiger partial charge < -0.3 is 0 Å². The van der Waals surface area contributed by atoms with Crippen LogP contribution in [0.4, 0.5) is 0 Å². The van der Waals surface area contributed by atoms with Crippen LogP contribution in [0.5, 0.6) is 0 Å². The molecule has 0 saturated carbocycles. The van der Waals surface area contributed by atoms with Gasteiger partial charge in [-0.2, -0.15) is 0 Å². The molecule has 0 N–H and O–H groups in total. The van der Waals surface area contributed by atoms with E-state index in [2.05, 4.69) is 58.1 Å². The van der Waals surface area contributed by atoms with Gasteiger partial charge in [-0.05, 0) is 0 Å². The molecule has 83 valence electrons. The molecule has 1 rings (SSSR count). The van der Waals surface area contributed by atoms with Crippen molar-refractivity contribution in [3.63, 3.8) is 0 Å². The third kappa shape index (κ3) is 2.43. The van der Waals surface area contributed by atoms with Crippen LogP contribution >= 0.6 is 0 Å². The van der Waals surface area contributed by atoms with E-state index in [1.807, 2.05) is 0 Å². The third-order valence-electron chi connectivity index (χ3n) is 2.63. The van der Waals surface area contributed by atoms with E-state index >= 15 is 0 Å². The Hall–Kier alpha value is 0.679. The van der Waals surface area contributed by atoms with Gasteiger partial charge in [0.25, 0.3) is 0 Å². The molecule has 0 aliphatic carbocycles. The van der Waals surface area contributed by atoms with Crippen molar-refractivity contribution in [3.8, 4) is 0 Å². The number of hydrogen-bond donors (Lipinski definition) is 0. The van der Waals surface area contributed by atoms with Crippen molar-refractivity contribution < 1.29 is 0 Å². The SMILES string of the molecule is CC(C)[N]1C[N](C(C)(C)C)[Sn]1[N](C)C. The van der Waals surface area contributed by atoms with E-state index in [1.54, 1.807) is 0 Å². The third-order valence-corrected chi connectivity index (χ3v) is 11.9. The van der Waals surface area contributed by atoms with Crippen molar-refractivity contribution in [3.05, 3.63) is 0 Å². The summed E-state index contributed by atoms with van der Waals surface area (Å²) in [5.74, 6) is 0. The van der Waals surface area contributed by atoms with Crippen molar-refractivity contribution in [2.75, 3.05) is 20.8 Å². The molecule has 0 aromatic heterocycles. The molecule has 1 aliphatic heterocycles. The van der Waals surface area contributed by atoms with E-state index in [-0.39, 0.29) is 0 Å². The molecular formula is C10H24N3Sn. The summed E-state index contributed by atoms with van der Waals surface area (Å²) in [7, 11) is 4.48. The van der Waals surface area contributed by atoms with E-state index in [9.17, 15) is 0 Å². The molecule has 4 heteroatoms. The van der Waals surface area contributed by atoms with E-state index < -0.39 is 20.6 Å². The van der Waals surface area contributed by atoms with Gasteiger partial charge in [0.15, 0.2) is 0 Å². The molecule has 0 spiro atoms. The fourth-order valence-corrected chi connectivity index (χ4v) is 9.44. The van der Waals surface area contributed by atoms with Crippen LogP contribution in [0.15, 0.2) is 0 Å². The van der Waals surface area contributed by atoms with Crippen molar-refractivity contribution in [2.45, 2.75) is 46.2 Å². The predicted octanol–water partition coefficient (Wildman–Crippen LogP) is 1.31. The van der Waals surface area contributed by atoms with Crippen LogP contribution in [0.25, 0.3) is 0 Å². The minimum absolute atomic E-state index is 0.352. The zero-order valence-electron chi connectivity index (χ0n) is 10.6. The Morgan fingerprint density at radius 1 is 1.21 bits per heavy atom. The molecule has 14 heavy (non-hydrogen) atoms. The topological polar surface area (TPSA) is 9.72 Å². The predicted molar refractivity (Wildman–Crippen MR) is 62.9 cm³/mol. The second-order valence-electron chi connectivity index (χ2n) is 5.50. The zero-order chi connectivity index (χ0) is 11.1. The number of hydrogen-bond acceptors (Lipinski definition) is 3. The van der Waals surface area contributed by atoms with Crippen molar-refractivity contribution in [1.82, 2.24) is 9.36 Å². The fraction of sp³-hybridized carbons (Fsp3) is 1.00. The fourth-order valence-electron chi connectivity index (χ4n) is 1.76. The first kappa shape index (κ1) is 12.7. The first-order valence-electron chi connectivity index (χ1n) is 5.33. The summed E-state index contributed by atoms with van der Waals surface area (Å²) in [5, 5.41) is 0. The van der Waals surface area contributed by atoms with Crippen molar-refractivity contribution >= 4 is 20.6 Å². The van der Waals surface area contributed by atoms with Gasteiger partial charge in [-0.25, -0.2) is 0 Å². The Bertz CT molecular complexity index is 198. The first-order chi connectivity index (χ1) is 6.25. The second kappa shape index (κ2) is 4.28. The molecule has 1 fully saturated rings. The van der Waals surface area contributed by atoms with Crippen molar-refractivity contribution in [1.29, 1.82) is 0 Å². The van der Waals surface area contributed by atoms with Crippen LogP contribution in [-0.4, -0.2) is 62.3 Å². The van der Waals surface area contributed by atoms with Crippen LogP contribution in [-0.2, 0) is 0 Å². The Morgan fingerprint density at radius 2 is 1.71 bits per heavy atom.